The zero-order chi connectivity index (χ0) is 14.8. The fourth-order valence-corrected chi connectivity index (χ4v) is 2.35. The Bertz CT molecular complexity index is 792. The van der Waals surface area contributed by atoms with E-state index in [1.54, 1.807) is 24.3 Å². The van der Waals surface area contributed by atoms with Crippen molar-refractivity contribution in [3.8, 4) is 5.75 Å². The van der Waals surface area contributed by atoms with E-state index in [0.29, 0.717) is 5.56 Å². The fraction of sp³-hybridized carbons (Fsp3) is 0.118. The third-order valence-electron chi connectivity index (χ3n) is 3.54. The van der Waals surface area contributed by atoms with Gasteiger partial charge in [-0.3, -0.25) is 4.79 Å². The molecular weight excluding hydrogens is 264 g/mol. The summed E-state index contributed by atoms with van der Waals surface area (Å²) in [5.74, 6) is 0.0590. The maximum absolute atomic E-state index is 12.3. The van der Waals surface area contributed by atoms with Gasteiger partial charge in [-0.2, -0.15) is 0 Å². The molecular formula is C17H16N2O2. The minimum atomic E-state index is -0.177. The molecule has 1 aromatic heterocycles. The Morgan fingerprint density at radius 1 is 1.19 bits per heavy atom. The number of H-pyrrole nitrogens is 1. The second-order valence-electron chi connectivity index (χ2n) is 5.07. The molecule has 0 spiro atoms. The van der Waals surface area contributed by atoms with Gasteiger partial charge in [0.15, 0.2) is 0 Å². The summed E-state index contributed by atoms with van der Waals surface area (Å²) in [5, 5.41) is 13.5. The third kappa shape index (κ3) is 2.74. The normalized spacial score (nSPS) is 12.2. The van der Waals surface area contributed by atoms with Gasteiger partial charge in [-0.1, -0.05) is 18.2 Å². The number of benzene rings is 2. The van der Waals surface area contributed by atoms with Crippen LogP contribution in [0.2, 0.25) is 0 Å². The maximum atomic E-state index is 12.3. The van der Waals surface area contributed by atoms with Gasteiger partial charge >= 0.3 is 0 Å². The number of hydrogen-bond acceptors (Lipinski definition) is 2. The minimum Gasteiger partial charge on any atom is -0.508 e. The van der Waals surface area contributed by atoms with Crippen LogP contribution in [0.25, 0.3) is 10.9 Å². The number of phenols is 1. The number of rotatable bonds is 3. The van der Waals surface area contributed by atoms with Gasteiger partial charge in [0.25, 0.3) is 5.91 Å². The molecule has 0 saturated heterocycles. The number of aromatic amines is 1. The van der Waals surface area contributed by atoms with Gasteiger partial charge < -0.3 is 15.4 Å². The number of fused-ring (bicyclic) bond motifs is 1. The van der Waals surface area contributed by atoms with Crippen molar-refractivity contribution in [2.24, 2.45) is 0 Å². The Labute approximate surface area is 122 Å². The topological polar surface area (TPSA) is 65.1 Å². The van der Waals surface area contributed by atoms with Gasteiger partial charge in [-0.15, -0.1) is 0 Å². The predicted molar refractivity (Wildman–Crippen MR) is 82.3 cm³/mol. The van der Waals surface area contributed by atoms with E-state index < -0.39 is 0 Å². The molecule has 0 fully saturated rings. The van der Waals surface area contributed by atoms with Crippen molar-refractivity contribution in [3.63, 3.8) is 0 Å². The van der Waals surface area contributed by atoms with Gasteiger partial charge in [-0.25, -0.2) is 0 Å². The largest absolute Gasteiger partial charge is 0.508 e. The van der Waals surface area contributed by atoms with E-state index in [-0.39, 0.29) is 17.7 Å². The molecule has 1 heterocycles. The van der Waals surface area contributed by atoms with Crippen LogP contribution in [0.15, 0.2) is 54.7 Å². The van der Waals surface area contributed by atoms with Crippen LogP contribution in [0, 0.1) is 0 Å². The summed E-state index contributed by atoms with van der Waals surface area (Å²) < 4.78 is 0. The van der Waals surface area contributed by atoms with E-state index in [0.717, 1.165) is 16.5 Å². The number of phenolic OH excluding ortho intramolecular Hbond substituents is 1. The van der Waals surface area contributed by atoms with Crippen LogP contribution in [-0.4, -0.2) is 16.0 Å². The quantitative estimate of drug-likeness (QED) is 0.688. The Morgan fingerprint density at radius 3 is 2.86 bits per heavy atom. The van der Waals surface area contributed by atoms with Crippen LogP contribution >= 0.6 is 0 Å². The summed E-state index contributed by atoms with van der Waals surface area (Å²) in [6.45, 7) is 1.89. The molecule has 4 nitrogen and oxygen atoms in total. The second-order valence-corrected chi connectivity index (χ2v) is 5.07. The van der Waals surface area contributed by atoms with Crippen LogP contribution in [0.1, 0.15) is 28.9 Å². The molecule has 0 saturated carbocycles. The molecule has 3 N–H and O–H groups in total. The lowest BCUT2D eigenvalue weighted by Crippen LogP contribution is -2.26. The zero-order valence-electron chi connectivity index (χ0n) is 11.6. The molecule has 21 heavy (non-hydrogen) atoms. The van der Waals surface area contributed by atoms with E-state index in [2.05, 4.69) is 10.3 Å². The van der Waals surface area contributed by atoms with Gasteiger partial charge in [0.1, 0.15) is 5.75 Å². The molecule has 1 unspecified atom stereocenters. The van der Waals surface area contributed by atoms with E-state index in [1.165, 1.54) is 0 Å². The lowest BCUT2D eigenvalue weighted by molar-refractivity contribution is 0.0940. The smallest absolute Gasteiger partial charge is 0.251 e. The van der Waals surface area contributed by atoms with Crippen molar-refractivity contribution >= 4 is 16.8 Å². The molecule has 0 aliphatic heterocycles. The Morgan fingerprint density at radius 2 is 2.05 bits per heavy atom. The third-order valence-corrected chi connectivity index (χ3v) is 3.54. The maximum Gasteiger partial charge on any atom is 0.251 e. The van der Waals surface area contributed by atoms with Crippen molar-refractivity contribution in [2.75, 3.05) is 0 Å². The highest BCUT2D eigenvalue weighted by atomic mass is 16.3. The minimum absolute atomic E-state index is 0.137. The van der Waals surface area contributed by atoms with Gasteiger partial charge in [0, 0.05) is 17.3 Å². The van der Waals surface area contributed by atoms with Crippen LogP contribution in [0.3, 0.4) is 0 Å². The standard InChI is InChI=1S/C17H16N2O2/c1-11(13-3-2-4-15(20)9-13)19-17(21)14-6-5-12-7-8-18-16(12)10-14/h2-11,18,20H,1H3,(H,19,21). The number of aromatic hydroxyl groups is 1. The fourth-order valence-electron chi connectivity index (χ4n) is 2.35. The first-order chi connectivity index (χ1) is 10.1. The Balaban J connectivity index is 1.79. The van der Waals surface area contributed by atoms with E-state index in [4.69, 9.17) is 0 Å². The predicted octanol–water partition coefficient (Wildman–Crippen LogP) is 3.36. The number of carbonyl (C=O) groups excluding carboxylic acids is 1. The first-order valence-corrected chi connectivity index (χ1v) is 6.80. The SMILES string of the molecule is CC(NC(=O)c1ccc2cc[nH]c2c1)c1cccc(O)c1. The molecule has 0 radical (unpaired) electrons. The Kier molecular flexibility index (Phi) is 3.36. The van der Waals surface area contributed by atoms with E-state index in [1.807, 2.05) is 37.4 Å². The second kappa shape index (κ2) is 5.32. The summed E-state index contributed by atoms with van der Waals surface area (Å²) in [6, 6.07) is 14.2. The molecule has 1 amide bonds. The van der Waals surface area contributed by atoms with E-state index >= 15 is 0 Å². The van der Waals surface area contributed by atoms with E-state index in [9.17, 15) is 9.90 Å². The molecule has 1 atom stereocenters. The molecule has 3 aromatic rings. The average molecular weight is 280 g/mol. The summed E-state index contributed by atoms with van der Waals surface area (Å²) in [6.07, 6.45) is 1.85. The van der Waals surface area contributed by atoms with Crippen molar-refractivity contribution in [1.29, 1.82) is 0 Å². The molecule has 2 aromatic carbocycles. The van der Waals surface area contributed by atoms with Gasteiger partial charge in [-0.05, 0) is 48.2 Å². The summed E-state index contributed by atoms with van der Waals surface area (Å²) in [7, 11) is 0. The Hall–Kier alpha value is -2.75. The van der Waals surface area contributed by atoms with Crippen LogP contribution in [0.5, 0.6) is 5.75 Å². The molecule has 0 aliphatic rings. The van der Waals surface area contributed by atoms with Crippen molar-refractivity contribution < 1.29 is 9.90 Å². The van der Waals surface area contributed by atoms with Gasteiger partial charge in [0.2, 0.25) is 0 Å². The lowest BCUT2D eigenvalue weighted by Gasteiger charge is -2.14. The number of carbonyl (C=O) groups is 1. The molecule has 0 aliphatic carbocycles. The summed E-state index contributed by atoms with van der Waals surface area (Å²) >= 11 is 0. The highest BCUT2D eigenvalue weighted by molar-refractivity contribution is 5.98. The molecule has 4 heteroatoms. The first kappa shape index (κ1) is 13.2. The zero-order valence-corrected chi connectivity index (χ0v) is 11.6. The van der Waals surface area contributed by atoms with Crippen molar-refractivity contribution in [3.05, 3.63) is 65.9 Å². The lowest BCUT2D eigenvalue weighted by atomic mass is 10.1. The average Bonchev–Trinajstić information content (AvgIpc) is 2.94. The molecule has 3 rings (SSSR count). The number of hydrogen-bond donors (Lipinski definition) is 3. The highest BCUT2D eigenvalue weighted by Gasteiger charge is 2.12. The van der Waals surface area contributed by atoms with Crippen molar-refractivity contribution in [2.45, 2.75) is 13.0 Å². The summed E-state index contributed by atoms with van der Waals surface area (Å²) in [5.41, 5.74) is 2.41. The van der Waals surface area contributed by atoms with Crippen LogP contribution in [0.4, 0.5) is 0 Å². The van der Waals surface area contributed by atoms with Crippen molar-refractivity contribution in [1.82, 2.24) is 10.3 Å². The number of aromatic nitrogens is 1. The summed E-state index contributed by atoms with van der Waals surface area (Å²) in [4.78, 5) is 15.4. The molecule has 0 bridgehead atoms. The highest BCUT2D eigenvalue weighted by Crippen LogP contribution is 2.19. The van der Waals surface area contributed by atoms with Gasteiger partial charge in [0.05, 0.1) is 6.04 Å². The van der Waals surface area contributed by atoms with Crippen LogP contribution in [-0.2, 0) is 0 Å². The first-order valence-electron chi connectivity index (χ1n) is 6.80. The van der Waals surface area contributed by atoms with Crippen LogP contribution < -0.4 is 5.32 Å². The monoisotopic (exact) mass is 280 g/mol. The number of amides is 1. The molecule has 106 valence electrons. The number of nitrogens with one attached hydrogen (secondary N) is 2.